The topological polar surface area (TPSA) is 83.7 Å². The summed E-state index contributed by atoms with van der Waals surface area (Å²) < 4.78 is 0. The average molecular weight is 252 g/mol. The molecule has 0 atom stereocenters. The van der Waals surface area contributed by atoms with Gasteiger partial charge in [-0.15, -0.1) is 0 Å². The van der Waals surface area contributed by atoms with E-state index in [-0.39, 0.29) is 11.3 Å². The van der Waals surface area contributed by atoms with E-state index >= 15 is 0 Å². The van der Waals surface area contributed by atoms with E-state index in [1.165, 1.54) is 6.07 Å². The SMILES string of the molecule is CCN(CC)c1cc(C(=O)O)cc([N+](=O)[O-])c1C. The lowest BCUT2D eigenvalue weighted by atomic mass is 10.1. The Morgan fingerprint density at radius 1 is 1.39 bits per heavy atom. The second-order valence-electron chi connectivity index (χ2n) is 3.87. The van der Waals surface area contributed by atoms with E-state index in [2.05, 4.69) is 0 Å². The van der Waals surface area contributed by atoms with Crippen LogP contribution >= 0.6 is 0 Å². The summed E-state index contributed by atoms with van der Waals surface area (Å²) in [6.07, 6.45) is 0. The van der Waals surface area contributed by atoms with Crippen molar-refractivity contribution in [1.29, 1.82) is 0 Å². The predicted molar refractivity (Wildman–Crippen MR) is 68.4 cm³/mol. The lowest BCUT2D eigenvalue weighted by Crippen LogP contribution is -2.23. The molecule has 0 heterocycles. The zero-order valence-electron chi connectivity index (χ0n) is 10.6. The largest absolute Gasteiger partial charge is 0.478 e. The summed E-state index contributed by atoms with van der Waals surface area (Å²) in [4.78, 5) is 23.3. The van der Waals surface area contributed by atoms with Crippen molar-refractivity contribution in [2.75, 3.05) is 18.0 Å². The molecule has 1 N–H and O–H groups in total. The van der Waals surface area contributed by atoms with Crippen LogP contribution in [0, 0.1) is 17.0 Å². The number of aromatic carboxylic acids is 1. The van der Waals surface area contributed by atoms with Gasteiger partial charge in [-0.1, -0.05) is 0 Å². The first-order valence-electron chi connectivity index (χ1n) is 5.69. The molecule has 1 aromatic rings. The number of carbonyl (C=O) groups is 1. The van der Waals surface area contributed by atoms with Crippen LogP contribution in [-0.2, 0) is 0 Å². The maximum absolute atomic E-state index is 11.0. The van der Waals surface area contributed by atoms with E-state index in [0.717, 1.165) is 6.07 Å². The fourth-order valence-corrected chi connectivity index (χ4v) is 1.89. The van der Waals surface area contributed by atoms with Crippen molar-refractivity contribution in [1.82, 2.24) is 0 Å². The number of carboxylic acids is 1. The van der Waals surface area contributed by atoms with Crippen molar-refractivity contribution >= 4 is 17.3 Å². The number of nitro benzene ring substituents is 1. The van der Waals surface area contributed by atoms with Gasteiger partial charge in [-0.3, -0.25) is 10.1 Å². The number of rotatable bonds is 5. The zero-order chi connectivity index (χ0) is 13.9. The molecule has 18 heavy (non-hydrogen) atoms. The highest BCUT2D eigenvalue weighted by atomic mass is 16.6. The molecule has 6 nitrogen and oxygen atoms in total. The molecular formula is C12H16N2O4. The second-order valence-corrected chi connectivity index (χ2v) is 3.87. The second kappa shape index (κ2) is 5.48. The third kappa shape index (κ3) is 2.58. The summed E-state index contributed by atoms with van der Waals surface area (Å²) in [6.45, 7) is 6.80. The van der Waals surface area contributed by atoms with Gasteiger partial charge in [-0.05, 0) is 26.8 Å². The minimum absolute atomic E-state index is 0.0609. The number of hydrogen-bond donors (Lipinski definition) is 1. The van der Waals surface area contributed by atoms with E-state index in [1.54, 1.807) is 6.92 Å². The Labute approximate surface area is 105 Å². The molecule has 0 aliphatic carbocycles. The van der Waals surface area contributed by atoms with Crippen LogP contribution in [-0.4, -0.2) is 29.1 Å². The highest BCUT2D eigenvalue weighted by Gasteiger charge is 2.21. The number of nitrogens with zero attached hydrogens (tertiary/aromatic N) is 2. The summed E-state index contributed by atoms with van der Waals surface area (Å²) in [6, 6.07) is 2.59. The highest BCUT2D eigenvalue weighted by molar-refractivity contribution is 5.90. The van der Waals surface area contributed by atoms with Crippen molar-refractivity contribution in [3.8, 4) is 0 Å². The fourth-order valence-electron chi connectivity index (χ4n) is 1.89. The molecule has 0 aromatic heterocycles. The van der Waals surface area contributed by atoms with Crippen LogP contribution in [0.1, 0.15) is 29.8 Å². The van der Waals surface area contributed by atoms with Crippen LogP contribution in [0.5, 0.6) is 0 Å². The van der Waals surface area contributed by atoms with E-state index in [4.69, 9.17) is 5.11 Å². The van der Waals surface area contributed by atoms with Gasteiger partial charge < -0.3 is 10.0 Å². The predicted octanol–water partition coefficient (Wildman–Crippen LogP) is 2.45. The van der Waals surface area contributed by atoms with Gasteiger partial charge in [0.1, 0.15) is 0 Å². The lowest BCUT2D eigenvalue weighted by Gasteiger charge is -2.23. The van der Waals surface area contributed by atoms with Crippen LogP contribution in [0.15, 0.2) is 12.1 Å². The average Bonchev–Trinajstić information content (AvgIpc) is 2.31. The fraction of sp³-hybridized carbons (Fsp3) is 0.417. The number of nitro groups is 1. The number of anilines is 1. The minimum atomic E-state index is -1.16. The third-order valence-corrected chi connectivity index (χ3v) is 2.90. The molecule has 0 saturated carbocycles. The molecule has 0 spiro atoms. The summed E-state index contributed by atoms with van der Waals surface area (Å²) >= 11 is 0. The van der Waals surface area contributed by atoms with Crippen LogP contribution < -0.4 is 4.90 Å². The molecule has 0 aliphatic rings. The lowest BCUT2D eigenvalue weighted by molar-refractivity contribution is -0.385. The minimum Gasteiger partial charge on any atom is -0.478 e. The maximum atomic E-state index is 11.0. The van der Waals surface area contributed by atoms with Crippen molar-refractivity contribution in [2.45, 2.75) is 20.8 Å². The quantitative estimate of drug-likeness (QED) is 0.642. The number of carboxylic acid groups (broad SMARTS) is 1. The first-order chi connectivity index (χ1) is 8.42. The molecule has 0 unspecified atom stereocenters. The van der Waals surface area contributed by atoms with Crippen LogP contribution in [0.3, 0.4) is 0 Å². The van der Waals surface area contributed by atoms with E-state index in [9.17, 15) is 14.9 Å². The Kier molecular flexibility index (Phi) is 4.25. The van der Waals surface area contributed by atoms with Gasteiger partial charge in [0.2, 0.25) is 0 Å². The molecule has 0 bridgehead atoms. The van der Waals surface area contributed by atoms with Crippen LogP contribution in [0.25, 0.3) is 0 Å². The Morgan fingerprint density at radius 2 is 1.94 bits per heavy atom. The number of benzene rings is 1. The van der Waals surface area contributed by atoms with Crippen molar-refractivity contribution < 1.29 is 14.8 Å². The Morgan fingerprint density at radius 3 is 2.33 bits per heavy atom. The molecule has 6 heteroatoms. The molecule has 98 valence electrons. The van der Waals surface area contributed by atoms with Crippen LogP contribution in [0.4, 0.5) is 11.4 Å². The molecule has 1 rings (SSSR count). The smallest absolute Gasteiger partial charge is 0.336 e. The van der Waals surface area contributed by atoms with E-state index in [0.29, 0.717) is 24.3 Å². The van der Waals surface area contributed by atoms with E-state index < -0.39 is 10.9 Å². The van der Waals surface area contributed by atoms with E-state index in [1.807, 2.05) is 18.7 Å². The number of hydrogen-bond acceptors (Lipinski definition) is 4. The maximum Gasteiger partial charge on any atom is 0.336 e. The summed E-state index contributed by atoms with van der Waals surface area (Å²) in [7, 11) is 0. The molecule has 0 saturated heterocycles. The zero-order valence-corrected chi connectivity index (χ0v) is 10.6. The van der Waals surface area contributed by atoms with Gasteiger partial charge >= 0.3 is 5.97 Å². The van der Waals surface area contributed by atoms with Gasteiger partial charge in [0.05, 0.1) is 16.1 Å². The van der Waals surface area contributed by atoms with Gasteiger partial charge in [0, 0.05) is 24.8 Å². The van der Waals surface area contributed by atoms with Crippen molar-refractivity contribution in [3.63, 3.8) is 0 Å². The van der Waals surface area contributed by atoms with Crippen LogP contribution in [0.2, 0.25) is 0 Å². The molecule has 0 amide bonds. The highest BCUT2D eigenvalue weighted by Crippen LogP contribution is 2.30. The first-order valence-corrected chi connectivity index (χ1v) is 5.69. The molecule has 0 aliphatic heterocycles. The Hall–Kier alpha value is -2.11. The van der Waals surface area contributed by atoms with Gasteiger partial charge in [-0.2, -0.15) is 0 Å². The Balaban J connectivity index is 3.49. The van der Waals surface area contributed by atoms with Gasteiger partial charge in [0.25, 0.3) is 5.69 Å². The van der Waals surface area contributed by atoms with Gasteiger partial charge in [0.15, 0.2) is 0 Å². The monoisotopic (exact) mass is 252 g/mol. The molecule has 1 aromatic carbocycles. The third-order valence-electron chi connectivity index (χ3n) is 2.90. The summed E-state index contributed by atoms with van der Waals surface area (Å²) in [5.74, 6) is -1.16. The Bertz CT molecular complexity index is 481. The van der Waals surface area contributed by atoms with Crippen molar-refractivity contribution in [3.05, 3.63) is 33.4 Å². The van der Waals surface area contributed by atoms with Gasteiger partial charge in [-0.25, -0.2) is 4.79 Å². The molecular weight excluding hydrogens is 236 g/mol. The van der Waals surface area contributed by atoms with Crippen molar-refractivity contribution in [2.24, 2.45) is 0 Å². The summed E-state index contributed by atoms with van der Waals surface area (Å²) in [5, 5.41) is 19.9. The summed E-state index contributed by atoms with van der Waals surface area (Å²) in [5.41, 5.74) is 0.881. The molecule has 0 radical (unpaired) electrons. The normalized spacial score (nSPS) is 10.2. The standard InChI is InChI=1S/C12H16N2O4/c1-4-13(5-2)10-6-9(12(15)16)7-11(8(10)3)14(17)18/h6-7H,4-5H2,1-3H3,(H,15,16). The molecule has 0 fully saturated rings. The first kappa shape index (κ1) is 14.0.